The number of urea groups is 1. The number of hydrogen-bond donors (Lipinski definition) is 2. The number of carbonyl (C=O) groups excluding carboxylic acids is 3. The molecule has 0 bridgehead atoms. The highest BCUT2D eigenvalue weighted by atomic mass is 16.2. The Labute approximate surface area is 75.9 Å². The highest BCUT2D eigenvalue weighted by Crippen LogP contribution is 2.16. The van der Waals surface area contributed by atoms with Crippen LogP contribution in [-0.2, 0) is 9.59 Å². The minimum atomic E-state index is -0.914. The van der Waals surface area contributed by atoms with Crippen LogP contribution in [0.4, 0.5) is 4.79 Å². The second-order valence-corrected chi connectivity index (χ2v) is 3.44. The average Bonchev–Trinajstić information content (AvgIpc) is 2.23. The third-order valence-electron chi connectivity index (χ3n) is 2.09. The Balaban J connectivity index is 2.60. The predicted octanol–water partition coefficient (Wildman–Crippen LogP) is -0.0463. The van der Waals surface area contributed by atoms with E-state index in [1.165, 1.54) is 6.92 Å². The Morgan fingerprint density at radius 1 is 1.46 bits per heavy atom. The molecule has 5 heteroatoms. The molecule has 0 aromatic heterocycles. The summed E-state index contributed by atoms with van der Waals surface area (Å²) in [6.07, 6.45) is 0.643. The van der Waals surface area contributed by atoms with Crippen LogP contribution in [-0.4, -0.2) is 23.3 Å². The zero-order valence-electron chi connectivity index (χ0n) is 7.64. The van der Waals surface area contributed by atoms with Crippen molar-refractivity contribution in [3.63, 3.8) is 0 Å². The van der Waals surface area contributed by atoms with Crippen molar-refractivity contribution in [2.45, 2.75) is 32.2 Å². The lowest BCUT2D eigenvalue weighted by Gasteiger charge is -2.19. The first kappa shape index (κ1) is 9.70. The van der Waals surface area contributed by atoms with Gasteiger partial charge in [0.15, 0.2) is 0 Å². The molecule has 0 unspecified atom stereocenters. The summed E-state index contributed by atoms with van der Waals surface area (Å²) >= 11 is 0. The quantitative estimate of drug-likeness (QED) is 0.604. The van der Waals surface area contributed by atoms with Crippen molar-refractivity contribution in [1.29, 1.82) is 0 Å². The minimum Gasteiger partial charge on any atom is -0.324 e. The lowest BCUT2D eigenvalue weighted by molar-refractivity contribution is -0.124. The van der Waals surface area contributed by atoms with Crippen LogP contribution in [0.1, 0.15) is 26.7 Å². The van der Waals surface area contributed by atoms with E-state index in [4.69, 9.17) is 0 Å². The van der Waals surface area contributed by atoms with Crippen LogP contribution in [0.15, 0.2) is 0 Å². The van der Waals surface area contributed by atoms with Crippen LogP contribution >= 0.6 is 0 Å². The maximum absolute atomic E-state index is 11.2. The number of imide groups is 1. The van der Waals surface area contributed by atoms with E-state index >= 15 is 0 Å². The van der Waals surface area contributed by atoms with E-state index in [1.807, 2.05) is 0 Å². The molecule has 0 spiro atoms. The molecule has 1 fully saturated rings. The third kappa shape index (κ3) is 2.05. The molecule has 1 saturated heterocycles. The van der Waals surface area contributed by atoms with Gasteiger partial charge in [-0.25, -0.2) is 4.79 Å². The summed E-state index contributed by atoms with van der Waals surface area (Å²) in [6.45, 7) is 3.06. The highest BCUT2D eigenvalue weighted by Gasteiger charge is 2.41. The molecule has 0 radical (unpaired) electrons. The van der Waals surface area contributed by atoms with E-state index in [0.717, 1.165) is 0 Å². The van der Waals surface area contributed by atoms with E-state index < -0.39 is 11.6 Å². The average molecular weight is 184 g/mol. The van der Waals surface area contributed by atoms with Crippen molar-refractivity contribution in [1.82, 2.24) is 10.6 Å². The van der Waals surface area contributed by atoms with Crippen molar-refractivity contribution in [3.8, 4) is 0 Å². The van der Waals surface area contributed by atoms with Crippen LogP contribution in [0.2, 0.25) is 0 Å². The largest absolute Gasteiger partial charge is 0.324 e. The van der Waals surface area contributed by atoms with Crippen molar-refractivity contribution in [2.75, 3.05) is 0 Å². The SMILES string of the molecule is CC(=O)CC[C@@]1(C)NC(=O)NC1=O. The molecule has 0 saturated carbocycles. The zero-order valence-corrected chi connectivity index (χ0v) is 7.64. The van der Waals surface area contributed by atoms with Crippen LogP contribution in [0, 0.1) is 0 Å². The van der Waals surface area contributed by atoms with Crippen LogP contribution < -0.4 is 10.6 Å². The molecule has 3 amide bonds. The summed E-state index contributed by atoms with van der Waals surface area (Å²) in [5.74, 6) is -0.353. The number of amides is 3. The van der Waals surface area contributed by atoms with Crippen molar-refractivity contribution >= 4 is 17.7 Å². The van der Waals surface area contributed by atoms with Crippen molar-refractivity contribution < 1.29 is 14.4 Å². The lowest BCUT2D eigenvalue weighted by Crippen LogP contribution is -2.43. The maximum Gasteiger partial charge on any atom is 0.322 e. The van der Waals surface area contributed by atoms with Gasteiger partial charge in [-0.05, 0) is 20.3 Å². The normalized spacial score (nSPS) is 26.9. The number of rotatable bonds is 3. The molecule has 1 aliphatic rings. The Morgan fingerprint density at radius 2 is 2.08 bits per heavy atom. The van der Waals surface area contributed by atoms with Gasteiger partial charge in [0.05, 0.1) is 0 Å². The molecule has 2 N–H and O–H groups in total. The smallest absolute Gasteiger partial charge is 0.322 e. The zero-order chi connectivity index (χ0) is 10.1. The summed E-state index contributed by atoms with van der Waals surface area (Å²) in [5, 5.41) is 4.61. The van der Waals surface area contributed by atoms with Gasteiger partial charge < -0.3 is 10.1 Å². The predicted molar refractivity (Wildman–Crippen MR) is 45.0 cm³/mol. The number of Topliss-reactive ketones (excluding diaryl/α,β-unsaturated/α-hetero) is 1. The van der Waals surface area contributed by atoms with E-state index in [1.54, 1.807) is 6.92 Å². The third-order valence-corrected chi connectivity index (χ3v) is 2.09. The molecule has 0 aromatic carbocycles. The number of ketones is 1. The number of carbonyl (C=O) groups is 3. The van der Waals surface area contributed by atoms with Gasteiger partial charge in [-0.15, -0.1) is 0 Å². The summed E-state index contributed by atoms with van der Waals surface area (Å²) in [5.41, 5.74) is -0.914. The van der Waals surface area contributed by atoms with Crippen molar-refractivity contribution in [3.05, 3.63) is 0 Å². The number of nitrogens with one attached hydrogen (secondary N) is 2. The fourth-order valence-electron chi connectivity index (χ4n) is 1.18. The fourth-order valence-corrected chi connectivity index (χ4v) is 1.18. The standard InChI is InChI=1S/C8H12N2O3/c1-5(11)3-4-8(2)6(12)9-7(13)10-8/h3-4H2,1-2H3,(H2,9,10,12,13)/t8-/m1/s1. The summed E-state index contributed by atoms with van der Waals surface area (Å²) in [7, 11) is 0. The second-order valence-electron chi connectivity index (χ2n) is 3.44. The molecule has 1 rings (SSSR count). The van der Waals surface area contributed by atoms with Gasteiger partial charge in [0, 0.05) is 6.42 Å². The van der Waals surface area contributed by atoms with Gasteiger partial charge in [0.25, 0.3) is 5.91 Å². The Bertz CT molecular complexity index is 275. The Kier molecular flexibility index (Phi) is 2.36. The van der Waals surface area contributed by atoms with Gasteiger partial charge in [-0.1, -0.05) is 0 Å². The van der Waals surface area contributed by atoms with Crippen LogP contribution in [0.25, 0.3) is 0 Å². The fraction of sp³-hybridized carbons (Fsp3) is 0.625. The van der Waals surface area contributed by atoms with Gasteiger partial charge in [-0.2, -0.15) is 0 Å². The Hall–Kier alpha value is -1.39. The first-order valence-corrected chi connectivity index (χ1v) is 4.07. The summed E-state index contributed by atoms with van der Waals surface area (Å²) in [6, 6.07) is -0.490. The monoisotopic (exact) mass is 184 g/mol. The van der Waals surface area contributed by atoms with Crippen LogP contribution in [0.3, 0.4) is 0 Å². The number of hydrogen-bond acceptors (Lipinski definition) is 3. The van der Waals surface area contributed by atoms with Gasteiger partial charge >= 0.3 is 6.03 Å². The molecule has 0 aromatic rings. The van der Waals surface area contributed by atoms with Gasteiger partial charge in [-0.3, -0.25) is 10.1 Å². The molecule has 0 aliphatic carbocycles. The van der Waals surface area contributed by atoms with E-state index in [9.17, 15) is 14.4 Å². The van der Waals surface area contributed by atoms with E-state index in [0.29, 0.717) is 12.8 Å². The second kappa shape index (κ2) is 3.16. The van der Waals surface area contributed by atoms with E-state index in [2.05, 4.69) is 10.6 Å². The topological polar surface area (TPSA) is 75.3 Å². The molecule has 13 heavy (non-hydrogen) atoms. The van der Waals surface area contributed by atoms with Crippen molar-refractivity contribution in [2.24, 2.45) is 0 Å². The van der Waals surface area contributed by atoms with Gasteiger partial charge in [0.1, 0.15) is 11.3 Å². The molecule has 72 valence electrons. The molecular formula is C8H12N2O3. The molecule has 1 atom stereocenters. The molecule has 5 nitrogen and oxygen atoms in total. The Morgan fingerprint density at radius 3 is 2.46 bits per heavy atom. The van der Waals surface area contributed by atoms with E-state index in [-0.39, 0.29) is 11.7 Å². The summed E-state index contributed by atoms with van der Waals surface area (Å²) < 4.78 is 0. The van der Waals surface area contributed by atoms with Crippen LogP contribution in [0.5, 0.6) is 0 Å². The molecule has 1 aliphatic heterocycles. The summed E-state index contributed by atoms with van der Waals surface area (Å²) in [4.78, 5) is 32.7. The minimum absolute atomic E-state index is 0.00942. The van der Waals surface area contributed by atoms with Gasteiger partial charge in [0.2, 0.25) is 0 Å². The molecular weight excluding hydrogens is 172 g/mol. The lowest BCUT2D eigenvalue weighted by atomic mass is 9.95. The first-order valence-electron chi connectivity index (χ1n) is 4.07. The first-order chi connectivity index (χ1) is 5.94. The highest BCUT2D eigenvalue weighted by molar-refractivity contribution is 6.06. The molecule has 1 heterocycles. The maximum atomic E-state index is 11.2.